The van der Waals surface area contributed by atoms with Crippen molar-refractivity contribution in [2.75, 3.05) is 16.8 Å². The number of anilines is 2. The van der Waals surface area contributed by atoms with E-state index in [1.165, 1.54) is 11.8 Å². The first-order chi connectivity index (χ1) is 11.8. The number of ether oxygens (including phenoxy) is 1. The van der Waals surface area contributed by atoms with Crippen LogP contribution in [0, 0.1) is 0 Å². The summed E-state index contributed by atoms with van der Waals surface area (Å²) in [6.07, 6.45) is 0.0694. The van der Waals surface area contributed by atoms with Crippen molar-refractivity contribution in [1.29, 1.82) is 0 Å². The van der Waals surface area contributed by atoms with Crippen LogP contribution in [0.15, 0.2) is 48.5 Å². The van der Waals surface area contributed by atoms with Crippen LogP contribution in [0.2, 0.25) is 5.02 Å². The van der Waals surface area contributed by atoms with Crippen molar-refractivity contribution in [3.05, 3.63) is 53.6 Å². The van der Waals surface area contributed by atoms with E-state index in [0.717, 1.165) is 0 Å². The topological polar surface area (TPSA) is 58.6 Å². The van der Waals surface area contributed by atoms with Crippen LogP contribution in [0.25, 0.3) is 0 Å². The third-order valence-corrected chi connectivity index (χ3v) is 3.58. The van der Waals surface area contributed by atoms with E-state index in [-0.39, 0.29) is 24.5 Å². The van der Waals surface area contributed by atoms with Gasteiger partial charge in [0.05, 0.1) is 6.10 Å². The monoisotopic (exact) mass is 360 g/mol. The Morgan fingerprint density at radius 1 is 1.08 bits per heavy atom. The second-order valence-electron chi connectivity index (χ2n) is 5.82. The SMILES string of the molecule is CC(=O)N(CC(=O)Nc1ccc(Cl)cc1)c1ccc(OC(C)C)cc1. The molecular weight excluding hydrogens is 340 g/mol. The van der Waals surface area contributed by atoms with Gasteiger partial charge in [0.25, 0.3) is 0 Å². The van der Waals surface area contributed by atoms with Gasteiger partial charge in [-0.05, 0) is 62.4 Å². The lowest BCUT2D eigenvalue weighted by molar-refractivity contribution is -0.120. The Morgan fingerprint density at radius 3 is 2.20 bits per heavy atom. The fraction of sp³-hybridized carbons (Fsp3) is 0.263. The molecule has 0 spiro atoms. The minimum atomic E-state index is -0.292. The highest BCUT2D eigenvalue weighted by atomic mass is 35.5. The maximum Gasteiger partial charge on any atom is 0.244 e. The number of rotatable bonds is 6. The second-order valence-corrected chi connectivity index (χ2v) is 6.26. The smallest absolute Gasteiger partial charge is 0.244 e. The Kier molecular flexibility index (Phi) is 6.42. The summed E-state index contributed by atoms with van der Waals surface area (Å²) < 4.78 is 5.59. The fourth-order valence-corrected chi connectivity index (χ4v) is 2.36. The zero-order valence-corrected chi connectivity index (χ0v) is 15.2. The molecule has 0 unspecified atom stereocenters. The van der Waals surface area contributed by atoms with Gasteiger partial charge in [0.2, 0.25) is 11.8 Å². The second kappa shape index (κ2) is 8.53. The summed E-state index contributed by atoms with van der Waals surface area (Å²) in [7, 11) is 0. The molecule has 0 heterocycles. The summed E-state index contributed by atoms with van der Waals surface area (Å²) in [4.78, 5) is 25.6. The number of halogens is 1. The molecule has 6 heteroatoms. The minimum Gasteiger partial charge on any atom is -0.491 e. The van der Waals surface area contributed by atoms with Crippen molar-refractivity contribution in [2.24, 2.45) is 0 Å². The van der Waals surface area contributed by atoms with E-state index < -0.39 is 0 Å². The number of hydrogen-bond donors (Lipinski definition) is 1. The predicted octanol–water partition coefficient (Wildman–Crippen LogP) is 4.12. The number of nitrogens with zero attached hydrogens (tertiary/aromatic N) is 1. The van der Waals surface area contributed by atoms with E-state index in [0.29, 0.717) is 22.1 Å². The lowest BCUT2D eigenvalue weighted by Crippen LogP contribution is -2.36. The highest BCUT2D eigenvalue weighted by Gasteiger charge is 2.16. The quantitative estimate of drug-likeness (QED) is 0.843. The average molecular weight is 361 g/mol. The van der Waals surface area contributed by atoms with Crippen molar-refractivity contribution in [3.8, 4) is 5.75 Å². The van der Waals surface area contributed by atoms with Crippen molar-refractivity contribution in [3.63, 3.8) is 0 Å². The molecule has 0 bridgehead atoms. The number of carbonyl (C=O) groups excluding carboxylic acids is 2. The van der Waals surface area contributed by atoms with Gasteiger partial charge in [-0.25, -0.2) is 0 Å². The van der Waals surface area contributed by atoms with E-state index in [9.17, 15) is 9.59 Å². The first-order valence-electron chi connectivity index (χ1n) is 7.95. The molecule has 0 radical (unpaired) electrons. The summed E-state index contributed by atoms with van der Waals surface area (Å²) in [5.41, 5.74) is 1.26. The van der Waals surface area contributed by atoms with E-state index in [1.54, 1.807) is 48.5 Å². The van der Waals surface area contributed by atoms with Crippen LogP contribution in [0.3, 0.4) is 0 Å². The number of nitrogens with one attached hydrogen (secondary N) is 1. The molecule has 0 atom stereocenters. The van der Waals surface area contributed by atoms with E-state index in [4.69, 9.17) is 16.3 Å². The average Bonchev–Trinajstić information content (AvgIpc) is 2.55. The van der Waals surface area contributed by atoms with Gasteiger partial charge in [-0.2, -0.15) is 0 Å². The molecule has 2 aromatic carbocycles. The first kappa shape index (κ1) is 18.8. The van der Waals surface area contributed by atoms with Gasteiger partial charge in [0.15, 0.2) is 0 Å². The van der Waals surface area contributed by atoms with Gasteiger partial charge in [0.1, 0.15) is 12.3 Å². The van der Waals surface area contributed by atoms with Crippen LogP contribution >= 0.6 is 11.6 Å². The third kappa shape index (κ3) is 5.80. The van der Waals surface area contributed by atoms with Crippen molar-refractivity contribution < 1.29 is 14.3 Å². The highest BCUT2D eigenvalue weighted by molar-refractivity contribution is 6.30. The zero-order valence-electron chi connectivity index (χ0n) is 14.5. The molecule has 132 valence electrons. The number of carbonyl (C=O) groups is 2. The molecule has 0 aliphatic rings. The molecule has 1 N–H and O–H groups in total. The molecule has 0 aliphatic heterocycles. The van der Waals surface area contributed by atoms with E-state index in [2.05, 4.69) is 5.32 Å². The Balaban J connectivity index is 2.06. The van der Waals surface area contributed by atoms with Crippen LogP contribution in [-0.4, -0.2) is 24.5 Å². The Hall–Kier alpha value is -2.53. The van der Waals surface area contributed by atoms with Crippen LogP contribution in [0.5, 0.6) is 5.75 Å². The molecule has 2 aromatic rings. The van der Waals surface area contributed by atoms with Gasteiger partial charge in [-0.3, -0.25) is 9.59 Å². The van der Waals surface area contributed by atoms with Gasteiger partial charge < -0.3 is 15.0 Å². The maximum atomic E-state index is 12.2. The van der Waals surface area contributed by atoms with Crippen molar-refractivity contribution >= 4 is 34.8 Å². The normalized spacial score (nSPS) is 10.4. The summed E-state index contributed by atoms with van der Waals surface area (Å²) in [5, 5.41) is 3.34. The molecule has 0 saturated heterocycles. The summed E-state index contributed by atoms with van der Waals surface area (Å²) in [6, 6.07) is 13.9. The molecular formula is C19H21ClN2O3. The van der Waals surface area contributed by atoms with Gasteiger partial charge in [-0.15, -0.1) is 0 Å². The number of benzene rings is 2. The van der Waals surface area contributed by atoms with Gasteiger partial charge in [0, 0.05) is 23.3 Å². The van der Waals surface area contributed by atoms with Crippen molar-refractivity contribution in [2.45, 2.75) is 26.9 Å². The molecule has 5 nitrogen and oxygen atoms in total. The van der Waals surface area contributed by atoms with Gasteiger partial charge >= 0.3 is 0 Å². The molecule has 0 saturated carbocycles. The lowest BCUT2D eigenvalue weighted by Gasteiger charge is -2.21. The third-order valence-electron chi connectivity index (χ3n) is 3.33. The van der Waals surface area contributed by atoms with E-state index >= 15 is 0 Å². The van der Waals surface area contributed by atoms with Crippen molar-refractivity contribution in [1.82, 2.24) is 0 Å². The fourth-order valence-electron chi connectivity index (χ4n) is 2.24. The molecule has 25 heavy (non-hydrogen) atoms. The molecule has 2 amide bonds. The zero-order chi connectivity index (χ0) is 18.4. The minimum absolute atomic E-state index is 0.0694. The molecule has 0 fully saturated rings. The van der Waals surface area contributed by atoms with Crippen LogP contribution in [-0.2, 0) is 9.59 Å². The highest BCUT2D eigenvalue weighted by Crippen LogP contribution is 2.21. The summed E-state index contributed by atoms with van der Waals surface area (Å²) >= 11 is 5.82. The Bertz CT molecular complexity index is 727. The van der Waals surface area contributed by atoms with Crippen LogP contribution in [0.4, 0.5) is 11.4 Å². The van der Waals surface area contributed by atoms with E-state index in [1.807, 2.05) is 13.8 Å². The maximum absolute atomic E-state index is 12.2. The molecule has 0 aromatic heterocycles. The van der Waals surface area contributed by atoms with Crippen LogP contribution < -0.4 is 15.0 Å². The number of hydrogen-bond acceptors (Lipinski definition) is 3. The Morgan fingerprint density at radius 2 is 1.68 bits per heavy atom. The number of amides is 2. The predicted molar refractivity (Wildman–Crippen MR) is 100 cm³/mol. The summed E-state index contributed by atoms with van der Waals surface area (Å²) in [5.74, 6) is 0.205. The largest absolute Gasteiger partial charge is 0.491 e. The Labute approximate surface area is 152 Å². The molecule has 2 rings (SSSR count). The summed E-state index contributed by atoms with van der Waals surface area (Å²) in [6.45, 7) is 5.23. The van der Waals surface area contributed by atoms with Crippen LogP contribution in [0.1, 0.15) is 20.8 Å². The molecule has 0 aliphatic carbocycles. The standard InChI is InChI=1S/C19H21ClN2O3/c1-13(2)25-18-10-8-17(9-11-18)22(14(3)23)12-19(24)21-16-6-4-15(20)5-7-16/h4-11,13H,12H2,1-3H3,(H,21,24). The lowest BCUT2D eigenvalue weighted by atomic mass is 10.2. The van der Waals surface area contributed by atoms with Gasteiger partial charge in [-0.1, -0.05) is 11.6 Å². The first-order valence-corrected chi connectivity index (χ1v) is 8.33.